The Morgan fingerprint density at radius 1 is 1.38 bits per heavy atom. The minimum atomic E-state index is -5.13. The molecule has 1 aromatic carbocycles. The van der Waals surface area contributed by atoms with Gasteiger partial charge >= 0.3 is 12.3 Å². The number of hydrogen-bond donors (Lipinski definition) is 1. The van der Waals surface area contributed by atoms with Gasteiger partial charge in [-0.05, 0) is 31.2 Å². The molecule has 0 aliphatic rings. The summed E-state index contributed by atoms with van der Waals surface area (Å²) in [5.41, 5.74) is -0.341. The standard InChI is InChI=1S/C13H11F3N2O3/c1-2-20-11-5-3-10(4-6-11)18-8-9(7-17)12(19)21-13(14,15)16/h3-6,8,18H,2H2,1H3/b9-8+. The molecule has 1 rings (SSSR count). The number of alkyl halides is 3. The predicted octanol–water partition coefficient (Wildman–Crippen LogP) is 2.97. The van der Waals surface area contributed by atoms with Crippen molar-refractivity contribution < 1.29 is 27.4 Å². The van der Waals surface area contributed by atoms with Gasteiger partial charge in [0.2, 0.25) is 0 Å². The maximum absolute atomic E-state index is 11.9. The number of halogens is 3. The Hall–Kier alpha value is -2.69. The van der Waals surface area contributed by atoms with Crippen LogP contribution in [0.15, 0.2) is 36.0 Å². The van der Waals surface area contributed by atoms with E-state index in [0.29, 0.717) is 18.0 Å². The molecule has 0 atom stereocenters. The maximum atomic E-state index is 11.9. The first kappa shape index (κ1) is 16.4. The summed E-state index contributed by atoms with van der Waals surface area (Å²) in [4.78, 5) is 11.1. The number of rotatable bonds is 5. The van der Waals surface area contributed by atoms with Crippen molar-refractivity contribution in [2.24, 2.45) is 0 Å². The van der Waals surface area contributed by atoms with Crippen molar-refractivity contribution in [1.29, 1.82) is 5.26 Å². The van der Waals surface area contributed by atoms with Gasteiger partial charge in [-0.3, -0.25) is 0 Å². The lowest BCUT2D eigenvalue weighted by molar-refractivity contribution is -0.303. The molecule has 0 heterocycles. The number of nitrogens with zero attached hydrogens (tertiary/aromatic N) is 1. The fourth-order valence-electron chi connectivity index (χ4n) is 1.27. The minimum absolute atomic E-state index is 0.464. The second-order valence-electron chi connectivity index (χ2n) is 3.61. The monoisotopic (exact) mass is 300 g/mol. The molecule has 0 saturated heterocycles. The summed E-state index contributed by atoms with van der Waals surface area (Å²) >= 11 is 0. The molecule has 5 nitrogen and oxygen atoms in total. The Balaban J connectivity index is 2.72. The van der Waals surface area contributed by atoms with Gasteiger partial charge in [-0.25, -0.2) is 4.79 Å². The van der Waals surface area contributed by atoms with E-state index in [4.69, 9.17) is 10.00 Å². The van der Waals surface area contributed by atoms with Crippen molar-refractivity contribution in [3.8, 4) is 11.8 Å². The molecule has 0 unspecified atom stereocenters. The van der Waals surface area contributed by atoms with E-state index in [0.717, 1.165) is 6.20 Å². The van der Waals surface area contributed by atoms with Crippen LogP contribution >= 0.6 is 0 Å². The molecule has 112 valence electrons. The van der Waals surface area contributed by atoms with E-state index in [9.17, 15) is 18.0 Å². The maximum Gasteiger partial charge on any atom is 0.575 e. The van der Waals surface area contributed by atoms with Crippen LogP contribution in [0.3, 0.4) is 0 Å². The molecule has 0 aromatic heterocycles. The number of carbonyl (C=O) groups is 1. The Labute approximate surface area is 118 Å². The number of hydrogen-bond acceptors (Lipinski definition) is 5. The number of benzene rings is 1. The quantitative estimate of drug-likeness (QED) is 0.514. The van der Waals surface area contributed by atoms with Crippen LogP contribution in [0.4, 0.5) is 18.9 Å². The van der Waals surface area contributed by atoms with Crippen molar-refractivity contribution in [3.05, 3.63) is 36.0 Å². The van der Waals surface area contributed by atoms with Crippen LogP contribution < -0.4 is 10.1 Å². The zero-order valence-corrected chi connectivity index (χ0v) is 10.9. The molecule has 1 N–H and O–H groups in total. The lowest BCUT2D eigenvalue weighted by Crippen LogP contribution is -2.20. The molecular weight excluding hydrogens is 289 g/mol. The van der Waals surface area contributed by atoms with Crippen molar-refractivity contribution in [3.63, 3.8) is 0 Å². The molecule has 0 amide bonds. The van der Waals surface area contributed by atoms with Gasteiger partial charge in [0.15, 0.2) is 5.57 Å². The number of carbonyl (C=O) groups excluding carboxylic acids is 1. The molecule has 0 bridgehead atoms. The predicted molar refractivity (Wildman–Crippen MR) is 67.1 cm³/mol. The van der Waals surface area contributed by atoms with E-state index in [-0.39, 0.29) is 0 Å². The highest BCUT2D eigenvalue weighted by atomic mass is 19.4. The van der Waals surface area contributed by atoms with Gasteiger partial charge in [0.25, 0.3) is 0 Å². The van der Waals surface area contributed by atoms with Crippen LogP contribution in [0.25, 0.3) is 0 Å². The van der Waals surface area contributed by atoms with Crippen molar-refractivity contribution in [2.45, 2.75) is 13.3 Å². The molecular formula is C13H11F3N2O3. The molecule has 0 saturated carbocycles. The van der Waals surface area contributed by atoms with Crippen LogP contribution in [0.5, 0.6) is 5.75 Å². The highest BCUT2D eigenvalue weighted by molar-refractivity contribution is 5.93. The first-order valence-corrected chi connectivity index (χ1v) is 5.75. The van der Waals surface area contributed by atoms with Gasteiger partial charge in [0.1, 0.15) is 11.8 Å². The van der Waals surface area contributed by atoms with E-state index < -0.39 is 17.9 Å². The summed E-state index contributed by atoms with van der Waals surface area (Å²) in [6.07, 6.45) is -4.30. The minimum Gasteiger partial charge on any atom is -0.494 e. The van der Waals surface area contributed by atoms with E-state index in [1.165, 1.54) is 6.07 Å². The van der Waals surface area contributed by atoms with E-state index in [1.807, 2.05) is 6.92 Å². The van der Waals surface area contributed by atoms with E-state index >= 15 is 0 Å². The molecule has 21 heavy (non-hydrogen) atoms. The summed E-state index contributed by atoms with van der Waals surface area (Å²) in [6.45, 7) is 2.31. The molecule has 0 fully saturated rings. The van der Waals surface area contributed by atoms with Crippen LogP contribution in [0.2, 0.25) is 0 Å². The summed E-state index contributed by atoms with van der Waals surface area (Å²) in [7, 11) is 0. The van der Waals surface area contributed by atoms with Crippen molar-refractivity contribution >= 4 is 11.7 Å². The Kier molecular flexibility index (Phi) is 5.60. The normalized spacial score (nSPS) is 11.5. The number of nitriles is 1. The van der Waals surface area contributed by atoms with Crippen LogP contribution in [0.1, 0.15) is 6.92 Å². The van der Waals surface area contributed by atoms with Crippen LogP contribution in [-0.4, -0.2) is 18.9 Å². The average molecular weight is 300 g/mol. The summed E-state index contributed by atoms with van der Waals surface area (Å²) in [6, 6.07) is 7.73. The van der Waals surface area contributed by atoms with Gasteiger partial charge in [-0.1, -0.05) is 0 Å². The first-order valence-electron chi connectivity index (χ1n) is 5.75. The Bertz CT molecular complexity index is 560. The van der Waals surface area contributed by atoms with Gasteiger partial charge in [0, 0.05) is 11.9 Å². The Morgan fingerprint density at radius 2 is 2.00 bits per heavy atom. The lowest BCUT2D eigenvalue weighted by Gasteiger charge is -2.07. The molecule has 0 radical (unpaired) electrons. The summed E-state index contributed by atoms with van der Waals surface area (Å²) in [5, 5.41) is 11.2. The SMILES string of the molecule is CCOc1ccc(N/C=C(\C#N)C(=O)OC(F)(F)F)cc1. The van der Waals surface area contributed by atoms with Gasteiger partial charge < -0.3 is 14.8 Å². The number of ether oxygens (including phenoxy) is 2. The van der Waals surface area contributed by atoms with E-state index in [2.05, 4.69) is 10.1 Å². The fourth-order valence-corrected chi connectivity index (χ4v) is 1.27. The fraction of sp³-hybridized carbons (Fsp3) is 0.231. The number of nitrogens with one attached hydrogen (secondary N) is 1. The first-order chi connectivity index (χ1) is 9.85. The molecule has 8 heteroatoms. The van der Waals surface area contributed by atoms with Crippen molar-refractivity contribution in [2.75, 3.05) is 11.9 Å². The second-order valence-corrected chi connectivity index (χ2v) is 3.61. The summed E-state index contributed by atoms with van der Waals surface area (Å²) in [5.74, 6) is -1.16. The smallest absolute Gasteiger partial charge is 0.494 e. The second kappa shape index (κ2) is 7.19. The molecule has 0 spiro atoms. The Morgan fingerprint density at radius 3 is 2.48 bits per heavy atom. The third-order valence-electron chi connectivity index (χ3n) is 2.10. The van der Waals surface area contributed by atoms with Crippen LogP contribution in [-0.2, 0) is 9.53 Å². The lowest BCUT2D eigenvalue weighted by atomic mass is 10.3. The zero-order chi connectivity index (χ0) is 15.9. The van der Waals surface area contributed by atoms with Gasteiger partial charge in [-0.2, -0.15) is 5.26 Å². The average Bonchev–Trinajstić information content (AvgIpc) is 2.39. The van der Waals surface area contributed by atoms with Crippen molar-refractivity contribution in [1.82, 2.24) is 0 Å². The highest BCUT2D eigenvalue weighted by Crippen LogP contribution is 2.19. The van der Waals surface area contributed by atoms with Gasteiger partial charge in [-0.15, -0.1) is 13.2 Å². The topological polar surface area (TPSA) is 71.3 Å². The van der Waals surface area contributed by atoms with Gasteiger partial charge in [0.05, 0.1) is 6.61 Å². The molecule has 1 aromatic rings. The molecule has 0 aliphatic carbocycles. The number of anilines is 1. The number of esters is 1. The highest BCUT2D eigenvalue weighted by Gasteiger charge is 2.35. The summed E-state index contributed by atoms with van der Waals surface area (Å²) < 4.78 is 44.0. The third kappa shape index (κ3) is 5.86. The van der Waals surface area contributed by atoms with Crippen LogP contribution in [0, 0.1) is 11.3 Å². The largest absolute Gasteiger partial charge is 0.575 e. The van der Waals surface area contributed by atoms with E-state index in [1.54, 1.807) is 24.3 Å². The third-order valence-corrected chi connectivity index (χ3v) is 2.10. The zero-order valence-electron chi connectivity index (χ0n) is 10.9. The molecule has 0 aliphatic heterocycles.